The fourth-order valence-corrected chi connectivity index (χ4v) is 6.70. The maximum atomic E-state index is 13.8. The average molecular weight is 449 g/mol. The lowest BCUT2D eigenvalue weighted by Gasteiger charge is -2.61. The highest BCUT2D eigenvalue weighted by molar-refractivity contribution is 9.10. The lowest BCUT2D eigenvalue weighted by molar-refractivity contribution is -0.167. The number of rotatable bonds is 5. The van der Waals surface area contributed by atoms with E-state index in [1.54, 1.807) is 0 Å². The summed E-state index contributed by atoms with van der Waals surface area (Å²) in [5.74, 6) is 1.43. The molecule has 2 heterocycles. The molecule has 0 saturated heterocycles. The van der Waals surface area contributed by atoms with Gasteiger partial charge in [-0.1, -0.05) is 10.3 Å². The molecular weight excluding hydrogens is 424 g/mol. The van der Waals surface area contributed by atoms with Crippen LogP contribution in [-0.2, 0) is 16.9 Å². The van der Waals surface area contributed by atoms with Gasteiger partial charge in [-0.2, -0.15) is 0 Å². The third-order valence-electron chi connectivity index (χ3n) is 7.19. The van der Waals surface area contributed by atoms with Crippen molar-refractivity contribution in [1.82, 2.24) is 30.0 Å². The molecule has 4 saturated carbocycles. The molecule has 2 aromatic rings. The van der Waals surface area contributed by atoms with Gasteiger partial charge in [-0.05, 0) is 80.1 Å². The Morgan fingerprint density at radius 3 is 2.64 bits per heavy atom. The highest BCUT2D eigenvalue weighted by Crippen LogP contribution is 2.64. The van der Waals surface area contributed by atoms with Crippen LogP contribution in [-0.4, -0.2) is 42.4 Å². The predicted molar refractivity (Wildman–Crippen MR) is 103 cm³/mol. The van der Waals surface area contributed by atoms with E-state index in [4.69, 9.17) is 4.63 Å². The van der Waals surface area contributed by atoms with Crippen LogP contribution in [0, 0.1) is 24.2 Å². The quantitative estimate of drug-likeness (QED) is 0.697. The van der Waals surface area contributed by atoms with Crippen molar-refractivity contribution in [2.45, 2.75) is 64.5 Å². The van der Waals surface area contributed by atoms with Crippen molar-refractivity contribution in [2.24, 2.45) is 17.3 Å². The zero-order valence-corrected chi connectivity index (χ0v) is 17.9. The van der Waals surface area contributed by atoms with Crippen molar-refractivity contribution in [3.05, 3.63) is 22.4 Å². The van der Waals surface area contributed by atoms with E-state index in [9.17, 15) is 4.79 Å². The molecule has 0 radical (unpaired) electrons. The number of nitrogens with zero attached hydrogens (tertiary/aromatic N) is 6. The highest BCUT2D eigenvalue weighted by atomic mass is 79.9. The van der Waals surface area contributed by atoms with Crippen LogP contribution in [0.5, 0.6) is 0 Å². The molecule has 2 atom stereocenters. The van der Waals surface area contributed by atoms with Crippen molar-refractivity contribution >= 4 is 21.8 Å². The Kier molecular flexibility index (Phi) is 4.16. The molecule has 0 spiro atoms. The van der Waals surface area contributed by atoms with Crippen LogP contribution in [0.2, 0.25) is 0 Å². The van der Waals surface area contributed by atoms with Crippen LogP contribution in [0.1, 0.15) is 56.8 Å². The Balaban J connectivity index is 1.47. The molecule has 0 unspecified atom stereocenters. The number of hydrogen-bond acceptors (Lipinski definition) is 6. The molecule has 4 fully saturated rings. The standard InChI is InChI=1S/C19H25BrN6O2/c1-3-25(9-15-12(2)23-28-24-15)16(27)18-5-13-4-14(6-18)8-19(7-13,10-18)26-11-21-17(20)22-26/h11,13-14H,3-10H2,1-2H3/t13-,14-,18?,19?/m0/s1. The van der Waals surface area contributed by atoms with Gasteiger partial charge in [0.2, 0.25) is 10.6 Å². The van der Waals surface area contributed by atoms with Crippen LogP contribution in [0.4, 0.5) is 0 Å². The molecule has 150 valence electrons. The maximum absolute atomic E-state index is 13.8. The van der Waals surface area contributed by atoms with E-state index in [0.29, 0.717) is 29.7 Å². The maximum Gasteiger partial charge on any atom is 0.229 e. The average Bonchev–Trinajstić information content (AvgIpc) is 3.27. The van der Waals surface area contributed by atoms with E-state index in [1.807, 2.05) is 29.8 Å². The smallest absolute Gasteiger partial charge is 0.229 e. The lowest BCUT2D eigenvalue weighted by Crippen LogP contribution is -2.61. The van der Waals surface area contributed by atoms with Crippen LogP contribution < -0.4 is 0 Å². The number of aryl methyl sites for hydroxylation is 1. The van der Waals surface area contributed by atoms with Crippen molar-refractivity contribution in [3.8, 4) is 0 Å². The number of halogens is 1. The summed E-state index contributed by atoms with van der Waals surface area (Å²) in [6.07, 6.45) is 8.12. The Hall–Kier alpha value is -1.77. The molecule has 8 nitrogen and oxygen atoms in total. The van der Waals surface area contributed by atoms with Crippen molar-refractivity contribution in [1.29, 1.82) is 0 Å². The molecule has 0 aromatic carbocycles. The molecule has 2 aromatic heterocycles. The van der Waals surface area contributed by atoms with Gasteiger partial charge in [0.05, 0.1) is 17.5 Å². The number of carbonyl (C=O) groups is 1. The number of carbonyl (C=O) groups excluding carboxylic acids is 1. The Labute approximate surface area is 172 Å². The Morgan fingerprint density at radius 1 is 1.32 bits per heavy atom. The van der Waals surface area contributed by atoms with Crippen molar-refractivity contribution in [3.63, 3.8) is 0 Å². The second-order valence-electron chi connectivity index (χ2n) is 9.04. The number of amides is 1. The van der Waals surface area contributed by atoms with Gasteiger partial charge < -0.3 is 4.90 Å². The summed E-state index contributed by atoms with van der Waals surface area (Å²) in [5, 5.41) is 12.4. The van der Waals surface area contributed by atoms with Gasteiger partial charge in [0.25, 0.3) is 0 Å². The number of hydrogen-bond donors (Lipinski definition) is 0. The second kappa shape index (κ2) is 6.37. The minimum Gasteiger partial charge on any atom is -0.336 e. The summed E-state index contributed by atoms with van der Waals surface area (Å²) in [4.78, 5) is 20.1. The first-order chi connectivity index (χ1) is 13.4. The van der Waals surface area contributed by atoms with E-state index < -0.39 is 0 Å². The van der Waals surface area contributed by atoms with Crippen molar-refractivity contribution in [2.75, 3.05) is 6.54 Å². The molecule has 28 heavy (non-hydrogen) atoms. The largest absolute Gasteiger partial charge is 0.336 e. The van der Waals surface area contributed by atoms with E-state index in [-0.39, 0.29) is 16.9 Å². The summed E-state index contributed by atoms with van der Waals surface area (Å²) in [5.41, 5.74) is 1.11. The van der Waals surface area contributed by atoms with Crippen LogP contribution in [0.25, 0.3) is 0 Å². The third kappa shape index (κ3) is 2.73. The predicted octanol–water partition coefficient (Wildman–Crippen LogP) is 3.08. The van der Waals surface area contributed by atoms with E-state index >= 15 is 0 Å². The topological polar surface area (TPSA) is 89.9 Å². The Morgan fingerprint density at radius 2 is 2.07 bits per heavy atom. The van der Waals surface area contributed by atoms with Gasteiger partial charge in [0.1, 0.15) is 17.7 Å². The summed E-state index contributed by atoms with van der Waals surface area (Å²) < 4.78 is 7.49. The van der Waals surface area contributed by atoms with Crippen LogP contribution in [0.3, 0.4) is 0 Å². The van der Waals surface area contributed by atoms with Crippen LogP contribution in [0.15, 0.2) is 15.7 Å². The molecule has 6 rings (SSSR count). The molecule has 4 aliphatic rings. The van der Waals surface area contributed by atoms with Gasteiger partial charge in [0.15, 0.2) is 0 Å². The molecule has 0 N–H and O–H groups in total. The first kappa shape index (κ1) is 18.3. The molecule has 9 heteroatoms. The minimum atomic E-state index is -0.302. The van der Waals surface area contributed by atoms with E-state index in [2.05, 4.69) is 36.3 Å². The third-order valence-corrected chi connectivity index (χ3v) is 7.55. The highest BCUT2D eigenvalue weighted by Gasteiger charge is 2.62. The SMILES string of the molecule is CCN(Cc1nonc1C)C(=O)C12C[C@@H]3C[C@@H](C1)CC(n1cnc(Br)n1)(C3)C2. The number of aromatic nitrogens is 5. The fraction of sp³-hybridized carbons (Fsp3) is 0.737. The van der Waals surface area contributed by atoms with E-state index in [1.165, 1.54) is 6.42 Å². The monoisotopic (exact) mass is 448 g/mol. The van der Waals surface area contributed by atoms with Gasteiger partial charge >= 0.3 is 0 Å². The fourth-order valence-electron chi connectivity index (χ4n) is 6.44. The molecular formula is C19H25BrN6O2. The zero-order valence-electron chi connectivity index (χ0n) is 16.3. The molecule has 1 amide bonds. The lowest BCUT2D eigenvalue weighted by atomic mass is 9.46. The van der Waals surface area contributed by atoms with E-state index in [0.717, 1.165) is 43.5 Å². The van der Waals surface area contributed by atoms with Crippen LogP contribution >= 0.6 is 15.9 Å². The summed E-state index contributed by atoms with van der Waals surface area (Å²) in [7, 11) is 0. The van der Waals surface area contributed by atoms with Gasteiger partial charge in [0, 0.05) is 6.54 Å². The Bertz CT molecular complexity index is 894. The summed E-state index contributed by atoms with van der Waals surface area (Å²) >= 11 is 3.39. The van der Waals surface area contributed by atoms with Gasteiger partial charge in [-0.15, -0.1) is 5.10 Å². The van der Waals surface area contributed by atoms with Crippen molar-refractivity contribution < 1.29 is 9.42 Å². The molecule has 4 aliphatic carbocycles. The van der Waals surface area contributed by atoms with Gasteiger partial charge in [-0.25, -0.2) is 14.3 Å². The normalized spacial score (nSPS) is 33.4. The first-order valence-corrected chi connectivity index (χ1v) is 10.9. The minimum absolute atomic E-state index is 0.0798. The zero-order chi connectivity index (χ0) is 19.5. The molecule has 0 aliphatic heterocycles. The molecule has 4 bridgehead atoms. The summed E-state index contributed by atoms with van der Waals surface area (Å²) in [6.45, 7) is 5.02. The van der Waals surface area contributed by atoms with Gasteiger partial charge in [-0.3, -0.25) is 4.79 Å². The summed E-state index contributed by atoms with van der Waals surface area (Å²) in [6, 6.07) is 0. The second-order valence-corrected chi connectivity index (χ2v) is 9.75. The first-order valence-electron chi connectivity index (χ1n) is 10.1.